The van der Waals surface area contributed by atoms with E-state index in [1.54, 1.807) is 12.3 Å². The molecule has 1 aromatic heterocycles. The number of ether oxygens (including phenoxy) is 1. The number of nitrogens with one attached hydrogen (secondary N) is 1. The molecule has 0 amide bonds. The predicted octanol–water partition coefficient (Wildman–Crippen LogP) is 2.11. The fourth-order valence-corrected chi connectivity index (χ4v) is 1.47. The zero-order valence-corrected chi connectivity index (χ0v) is 10.1. The number of rotatable bonds is 5. The fourth-order valence-electron chi connectivity index (χ4n) is 1.47. The highest BCUT2D eigenvalue weighted by molar-refractivity contribution is 5.54. The number of aliphatic hydroxyl groups is 1. The van der Waals surface area contributed by atoms with Crippen LogP contribution in [0.25, 0.3) is 0 Å². The third-order valence-electron chi connectivity index (χ3n) is 2.30. The summed E-state index contributed by atoms with van der Waals surface area (Å²) in [5.74, 6) is 1.29. The van der Waals surface area contributed by atoms with Crippen molar-refractivity contribution in [3.8, 4) is 5.75 Å². The Morgan fingerprint density at radius 1 is 1.22 bits per heavy atom. The molecule has 0 saturated heterocycles. The minimum Gasteiger partial charge on any atom is -0.494 e. The van der Waals surface area contributed by atoms with E-state index in [9.17, 15) is 0 Å². The van der Waals surface area contributed by atoms with Crippen molar-refractivity contribution < 1.29 is 9.84 Å². The van der Waals surface area contributed by atoms with Crippen LogP contribution < -0.4 is 10.1 Å². The van der Waals surface area contributed by atoms with E-state index in [1.165, 1.54) is 0 Å². The Morgan fingerprint density at radius 3 is 2.67 bits per heavy atom. The van der Waals surface area contributed by atoms with Crippen LogP contribution >= 0.6 is 0 Å². The summed E-state index contributed by atoms with van der Waals surface area (Å²) in [5, 5.41) is 12.0. The van der Waals surface area contributed by atoms with Crippen LogP contribution in [-0.2, 0) is 6.61 Å². The molecule has 2 rings (SSSR count). The minimum atomic E-state index is -0.0967. The number of benzene rings is 1. The number of aliphatic hydroxyl groups excluding tert-OH is 1. The van der Waals surface area contributed by atoms with Crippen LogP contribution in [-0.4, -0.2) is 21.7 Å². The molecule has 0 aliphatic heterocycles. The average molecular weight is 245 g/mol. The molecule has 5 nitrogen and oxygen atoms in total. The monoisotopic (exact) mass is 245 g/mol. The number of hydrogen-bond donors (Lipinski definition) is 2. The Bertz CT molecular complexity index is 500. The molecule has 0 aliphatic rings. The van der Waals surface area contributed by atoms with E-state index < -0.39 is 0 Å². The van der Waals surface area contributed by atoms with E-state index in [-0.39, 0.29) is 6.61 Å². The highest BCUT2D eigenvalue weighted by Crippen LogP contribution is 2.18. The number of aromatic nitrogens is 2. The Labute approximate surface area is 105 Å². The first-order valence-corrected chi connectivity index (χ1v) is 5.74. The predicted molar refractivity (Wildman–Crippen MR) is 68.8 cm³/mol. The van der Waals surface area contributed by atoms with Crippen molar-refractivity contribution in [3.05, 3.63) is 42.2 Å². The molecule has 2 N–H and O–H groups in total. The molecule has 1 heterocycles. The lowest BCUT2D eigenvalue weighted by atomic mass is 10.3. The van der Waals surface area contributed by atoms with E-state index in [1.807, 2.05) is 31.2 Å². The number of nitrogens with zero attached hydrogens (tertiary/aromatic N) is 2. The molecule has 0 saturated carbocycles. The van der Waals surface area contributed by atoms with E-state index >= 15 is 0 Å². The van der Waals surface area contributed by atoms with Gasteiger partial charge in [0.2, 0.25) is 5.95 Å². The number of hydrogen-bond acceptors (Lipinski definition) is 5. The molecule has 0 unspecified atom stereocenters. The van der Waals surface area contributed by atoms with Crippen molar-refractivity contribution >= 4 is 11.6 Å². The topological polar surface area (TPSA) is 67.3 Å². The Kier molecular flexibility index (Phi) is 4.09. The summed E-state index contributed by atoms with van der Waals surface area (Å²) in [5.41, 5.74) is 1.45. The van der Waals surface area contributed by atoms with Crippen molar-refractivity contribution in [2.75, 3.05) is 11.9 Å². The largest absolute Gasteiger partial charge is 0.494 e. The Balaban J connectivity index is 2.08. The average Bonchev–Trinajstić information content (AvgIpc) is 2.42. The molecule has 0 spiro atoms. The van der Waals surface area contributed by atoms with Gasteiger partial charge in [-0.05, 0) is 37.3 Å². The first kappa shape index (κ1) is 12.3. The highest BCUT2D eigenvalue weighted by atomic mass is 16.5. The summed E-state index contributed by atoms with van der Waals surface area (Å²) in [6.07, 6.45) is 1.61. The van der Waals surface area contributed by atoms with Crippen molar-refractivity contribution in [2.45, 2.75) is 13.5 Å². The van der Waals surface area contributed by atoms with Crippen LogP contribution in [0.5, 0.6) is 5.75 Å². The van der Waals surface area contributed by atoms with Gasteiger partial charge in [0.1, 0.15) is 5.75 Å². The fraction of sp³-hybridized carbons (Fsp3) is 0.231. The van der Waals surface area contributed by atoms with E-state index in [0.29, 0.717) is 18.2 Å². The minimum absolute atomic E-state index is 0.0967. The smallest absolute Gasteiger partial charge is 0.227 e. The van der Waals surface area contributed by atoms with Gasteiger partial charge in [0.25, 0.3) is 0 Å². The highest BCUT2D eigenvalue weighted by Gasteiger charge is 2.00. The SMILES string of the molecule is CCOc1ccc(Nc2nccc(CO)n2)cc1. The first-order valence-electron chi connectivity index (χ1n) is 5.74. The summed E-state index contributed by atoms with van der Waals surface area (Å²) >= 11 is 0. The van der Waals surface area contributed by atoms with Gasteiger partial charge >= 0.3 is 0 Å². The Hall–Kier alpha value is -2.14. The maximum Gasteiger partial charge on any atom is 0.227 e. The lowest BCUT2D eigenvalue weighted by Crippen LogP contribution is -1.99. The van der Waals surface area contributed by atoms with Gasteiger partial charge in [-0.2, -0.15) is 0 Å². The van der Waals surface area contributed by atoms with Gasteiger partial charge in [-0.1, -0.05) is 0 Å². The summed E-state index contributed by atoms with van der Waals surface area (Å²) in [7, 11) is 0. The van der Waals surface area contributed by atoms with Gasteiger partial charge in [0, 0.05) is 11.9 Å². The molecule has 0 aliphatic carbocycles. The zero-order valence-electron chi connectivity index (χ0n) is 10.1. The standard InChI is InChI=1S/C13H15N3O2/c1-2-18-12-5-3-10(4-6-12)15-13-14-8-7-11(9-17)16-13/h3-8,17H,2,9H2,1H3,(H,14,15,16). The second kappa shape index (κ2) is 5.97. The third kappa shape index (κ3) is 3.18. The van der Waals surface area contributed by atoms with Crippen LogP contribution in [0.3, 0.4) is 0 Å². The van der Waals surface area contributed by atoms with Crippen LogP contribution in [0.2, 0.25) is 0 Å². The molecule has 0 atom stereocenters. The van der Waals surface area contributed by atoms with Crippen molar-refractivity contribution in [1.82, 2.24) is 9.97 Å². The molecular weight excluding hydrogens is 230 g/mol. The Morgan fingerprint density at radius 2 is 2.00 bits per heavy atom. The lowest BCUT2D eigenvalue weighted by Gasteiger charge is -2.07. The van der Waals surface area contributed by atoms with Gasteiger partial charge in [-0.3, -0.25) is 0 Å². The van der Waals surface area contributed by atoms with E-state index in [0.717, 1.165) is 11.4 Å². The molecule has 1 aromatic carbocycles. The van der Waals surface area contributed by atoms with E-state index in [4.69, 9.17) is 9.84 Å². The van der Waals surface area contributed by atoms with Gasteiger partial charge in [-0.15, -0.1) is 0 Å². The molecule has 18 heavy (non-hydrogen) atoms. The summed E-state index contributed by atoms with van der Waals surface area (Å²) in [4.78, 5) is 8.22. The third-order valence-corrected chi connectivity index (χ3v) is 2.30. The maximum atomic E-state index is 8.99. The van der Waals surface area contributed by atoms with Gasteiger partial charge in [0.15, 0.2) is 0 Å². The summed E-state index contributed by atoms with van der Waals surface area (Å²) < 4.78 is 5.36. The molecule has 5 heteroatoms. The normalized spacial score (nSPS) is 10.1. The second-order valence-electron chi connectivity index (χ2n) is 3.61. The molecule has 0 bridgehead atoms. The van der Waals surface area contributed by atoms with Crippen LogP contribution in [0, 0.1) is 0 Å². The van der Waals surface area contributed by atoms with E-state index in [2.05, 4.69) is 15.3 Å². The van der Waals surface area contributed by atoms with Crippen LogP contribution in [0.4, 0.5) is 11.6 Å². The van der Waals surface area contributed by atoms with Gasteiger partial charge in [-0.25, -0.2) is 9.97 Å². The second-order valence-corrected chi connectivity index (χ2v) is 3.61. The van der Waals surface area contributed by atoms with Gasteiger partial charge in [0.05, 0.1) is 18.9 Å². The van der Waals surface area contributed by atoms with Crippen molar-refractivity contribution in [1.29, 1.82) is 0 Å². The van der Waals surface area contributed by atoms with Gasteiger partial charge < -0.3 is 15.2 Å². The van der Waals surface area contributed by atoms with Crippen LogP contribution in [0.1, 0.15) is 12.6 Å². The summed E-state index contributed by atoms with van der Waals surface area (Å²) in [6, 6.07) is 9.20. The van der Waals surface area contributed by atoms with Crippen LogP contribution in [0.15, 0.2) is 36.5 Å². The molecule has 0 fully saturated rings. The zero-order chi connectivity index (χ0) is 12.8. The molecular formula is C13H15N3O2. The quantitative estimate of drug-likeness (QED) is 0.844. The number of anilines is 2. The molecule has 94 valence electrons. The van der Waals surface area contributed by atoms with Crippen molar-refractivity contribution in [2.24, 2.45) is 0 Å². The first-order chi connectivity index (χ1) is 8.81. The summed E-state index contributed by atoms with van der Waals surface area (Å²) in [6.45, 7) is 2.50. The maximum absolute atomic E-state index is 8.99. The molecule has 0 radical (unpaired) electrons. The van der Waals surface area contributed by atoms with Crippen molar-refractivity contribution in [3.63, 3.8) is 0 Å². The molecule has 2 aromatic rings. The lowest BCUT2D eigenvalue weighted by molar-refractivity contribution is 0.277.